The first-order valence-corrected chi connectivity index (χ1v) is 25.5. The summed E-state index contributed by atoms with van der Waals surface area (Å²) < 4.78 is 10.7. The second-order valence-corrected chi connectivity index (χ2v) is 21.5. The summed E-state index contributed by atoms with van der Waals surface area (Å²) in [5, 5.41) is 19.4. The van der Waals surface area contributed by atoms with Crippen LogP contribution in [0.1, 0.15) is 74.9 Å². The molecule has 0 aliphatic rings. The van der Waals surface area contributed by atoms with Crippen molar-refractivity contribution in [3.05, 3.63) is 208 Å². The van der Waals surface area contributed by atoms with Gasteiger partial charge in [0.05, 0.1) is 4.75 Å². The number of carbonyl (C=O) groups excluding carboxylic acids is 4. The minimum atomic E-state index is -1.34. The molecule has 6 rings (SSSR count). The van der Waals surface area contributed by atoms with Gasteiger partial charge in [0.25, 0.3) is 0 Å². The third-order valence-corrected chi connectivity index (χ3v) is 13.7. The molecule has 382 valence electrons. The van der Waals surface area contributed by atoms with Gasteiger partial charge >= 0.3 is 12.1 Å². The topological polar surface area (TPSA) is 163 Å². The number of aliphatic carboxylic acids is 1. The number of halogens is 1. The van der Waals surface area contributed by atoms with Crippen LogP contribution in [-0.2, 0) is 47.9 Å². The van der Waals surface area contributed by atoms with E-state index in [2.05, 4.69) is 16.0 Å². The zero-order valence-electron chi connectivity index (χ0n) is 42.3. The highest BCUT2D eigenvalue weighted by molar-refractivity contribution is 8.00. The number of carboxylic acid groups (broad SMARTS) is 1. The number of ether oxygens (including phenoxy) is 2. The number of alkyl carbamates (subject to hydrolysis) is 1. The summed E-state index contributed by atoms with van der Waals surface area (Å²) in [4.78, 5) is 72.9. The Balaban J connectivity index is 1.45. The summed E-state index contributed by atoms with van der Waals surface area (Å²) in [6, 6.07) is 47.4. The van der Waals surface area contributed by atoms with E-state index in [1.165, 1.54) is 23.7 Å². The summed E-state index contributed by atoms with van der Waals surface area (Å²) in [6.45, 7) is 10.9. The molecule has 0 spiro atoms. The van der Waals surface area contributed by atoms with Crippen molar-refractivity contribution >= 4 is 53.1 Å². The molecule has 0 unspecified atom stereocenters. The number of nitrogens with zero attached hydrogens (tertiary/aromatic N) is 1. The molecule has 0 saturated heterocycles. The van der Waals surface area contributed by atoms with Crippen molar-refractivity contribution in [1.29, 1.82) is 0 Å². The van der Waals surface area contributed by atoms with Crippen LogP contribution in [0, 0.1) is 0 Å². The standard InChI is InChI=1S/C59H65ClN4O8S/c1-57(2,3)71-47-34-30-42(31-35-47)38-51(53(66)61-49(55(68)69)37-40-20-12-8-13-21-40)64(7)54(67)50(62-52(65)48(63-56(70)72-58(4,5)6)36-41-28-32-46(60)33-29-41)39-73-59(43-22-14-9-15-23-43,44-24-16-10-17-25-44)45-26-18-11-19-27-45/h8-35,48-51H,36-39H2,1-7H3,(H,61,66)(H,62,65)(H,63,70)(H,68,69)/t48-,49+,50+,51-/m0/s1. The van der Waals surface area contributed by atoms with Gasteiger partial charge in [0.2, 0.25) is 17.7 Å². The Hall–Kier alpha value is -7.09. The van der Waals surface area contributed by atoms with Crippen LogP contribution >= 0.6 is 23.4 Å². The fourth-order valence-electron chi connectivity index (χ4n) is 8.33. The molecule has 4 amide bonds. The van der Waals surface area contributed by atoms with Crippen LogP contribution in [0.25, 0.3) is 0 Å². The van der Waals surface area contributed by atoms with Crippen molar-refractivity contribution in [3.63, 3.8) is 0 Å². The third-order valence-electron chi connectivity index (χ3n) is 11.8. The Kier molecular flexibility index (Phi) is 18.9. The number of nitrogens with one attached hydrogen (secondary N) is 3. The number of benzene rings is 6. The lowest BCUT2D eigenvalue weighted by Gasteiger charge is -2.37. The second-order valence-electron chi connectivity index (χ2n) is 19.8. The van der Waals surface area contributed by atoms with E-state index in [4.69, 9.17) is 21.1 Å². The van der Waals surface area contributed by atoms with Gasteiger partial charge in [0, 0.05) is 37.1 Å². The molecule has 0 radical (unpaired) electrons. The second kappa shape index (κ2) is 25.0. The van der Waals surface area contributed by atoms with Gasteiger partial charge in [-0.2, -0.15) is 0 Å². The van der Waals surface area contributed by atoms with Crippen LogP contribution < -0.4 is 20.7 Å². The molecule has 0 aromatic heterocycles. The predicted molar refractivity (Wildman–Crippen MR) is 289 cm³/mol. The first kappa shape index (κ1) is 55.2. The Bertz CT molecular complexity index is 2660. The molecule has 6 aromatic rings. The van der Waals surface area contributed by atoms with Crippen molar-refractivity contribution in [3.8, 4) is 5.75 Å². The van der Waals surface area contributed by atoms with Gasteiger partial charge in [0.15, 0.2) is 0 Å². The Morgan fingerprint density at radius 3 is 1.47 bits per heavy atom. The van der Waals surface area contributed by atoms with Crippen LogP contribution in [0.5, 0.6) is 5.75 Å². The maximum atomic E-state index is 15.6. The Labute approximate surface area is 438 Å². The van der Waals surface area contributed by atoms with Crippen molar-refractivity contribution < 1.29 is 38.6 Å². The lowest BCUT2D eigenvalue weighted by Crippen LogP contribution is -2.59. The van der Waals surface area contributed by atoms with E-state index >= 15 is 4.79 Å². The largest absolute Gasteiger partial charge is 0.488 e. The van der Waals surface area contributed by atoms with Gasteiger partial charge in [-0.05, 0) is 99.2 Å². The van der Waals surface area contributed by atoms with Crippen LogP contribution in [0.3, 0.4) is 0 Å². The third kappa shape index (κ3) is 15.9. The minimum Gasteiger partial charge on any atom is -0.488 e. The number of carboxylic acids is 1. The molecule has 4 atom stereocenters. The molecule has 12 nitrogen and oxygen atoms in total. The molecule has 0 aliphatic heterocycles. The van der Waals surface area contributed by atoms with E-state index in [0.717, 1.165) is 16.7 Å². The average molecular weight is 1030 g/mol. The number of rotatable bonds is 21. The number of carbonyl (C=O) groups is 5. The van der Waals surface area contributed by atoms with Gasteiger partial charge in [-0.1, -0.05) is 157 Å². The highest BCUT2D eigenvalue weighted by Gasteiger charge is 2.41. The van der Waals surface area contributed by atoms with Crippen LogP contribution in [-0.4, -0.2) is 88.0 Å². The van der Waals surface area contributed by atoms with E-state index in [9.17, 15) is 24.3 Å². The summed E-state index contributed by atoms with van der Waals surface area (Å²) in [6.07, 6.45) is -0.880. The van der Waals surface area contributed by atoms with E-state index < -0.39 is 69.9 Å². The molecule has 0 heterocycles. The lowest BCUT2D eigenvalue weighted by atomic mass is 9.84. The molecule has 0 bridgehead atoms. The molecule has 73 heavy (non-hydrogen) atoms. The number of likely N-dealkylation sites (N-methyl/N-ethyl adjacent to an activating group) is 1. The molecule has 0 saturated carbocycles. The first-order valence-electron chi connectivity index (χ1n) is 24.2. The van der Waals surface area contributed by atoms with Crippen molar-refractivity contribution in [2.45, 2.75) is 101 Å². The van der Waals surface area contributed by atoms with Gasteiger partial charge in [-0.15, -0.1) is 11.8 Å². The molecule has 6 aromatic carbocycles. The molecule has 0 fully saturated rings. The van der Waals surface area contributed by atoms with Crippen LogP contribution in [0.4, 0.5) is 4.79 Å². The van der Waals surface area contributed by atoms with Crippen molar-refractivity contribution in [2.75, 3.05) is 12.8 Å². The van der Waals surface area contributed by atoms with E-state index in [1.54, 1.807) is 93.6 Å². The maximum absolute atomic E-state index is 15.6. The zero-order valence-corrected chi connectivity index (χ0v) is 43.9. The Morgan fingerprint density at radius 2 is 0.986 bits per heavy atom. The van der Waals surface area contributed by atoms with Crippen LogP contribution in [0.2, 0.25) is 5.02 Å². The minimum absolute atomic E-state index is 0.00602. The quantitative estimate of drug-likeness (QED) is 0.0514. The van der Waals surface area contributed by atoms with E-state index in [0.29, 0.717) is 27.5 Å². The van der Waals surface area contributed by atoms with Crippen LogP contribution in [0.15, 0.2) is 170 Å². The molecule has 4 N–H and O–H groups in total. The van der Waals surface area contributed by atoms with Crippen molar-refractivity contribution in [1.82, 2.24) is 20.9 Å². The van der Waals surface area contributed by atoms with E-state index in [1.807, 2.05) is 118 Å². The average Bonchev–Trinajstić information content (AvgIpc) is 3.36. The zero-order chi connectivity index (χ0) is 52.8. The SMILES string of the molecule is CN(C(=O)[C@@H](CSC(c1ccccc1)(c1ccccc1)c1ccccc1)NC(=O)[C@H](Cc1ccc(Cl)cc1)NC(=O)OC(C)(C)C)[C@@H](Cc1ccc(OC(C)(C)C)cc1)C(=O)N[C@H](Cc1ccccc1)C(=O)O. The molecular weight excluding hydrogens is 960 g/mol. The summed E-state index contributed by atoms with van der Waals surface area (Å²) in [7, 11) is 1.48. The number of hydrogen-bond acceptors (Lipinski definition) is 8. The Morgan fingerprint density at radius 1 is 0.548 bits per heavy atom. The normalized spacial score (nSPS) is 13.3. The fraction of sp³-hybridized carbons (Fsp3) is 0.305. The summed E-state index contributed by atoms with van der Waals surface area (Å²) in [5.41, 5.74) is 3.37. The summed E-state index contributed by atoms with van der Waals surface area (Å²) in [5.74, 6) is -2.75. The van der Waals surface area contributed by atoms with Gasteiger partial charge in [0.1, 0.15) is 41.1 Å². The van der Waals surface area contributed by atoms with E-state index in [-0.39, 0.29) is 25.0 Å². The molecule has 0 aliphatic carbocycles. The van der Waals surface area contributed by atoms with Gasteiger partial charge in [-0.25, -0.2) is 9.59 Å². The predicted octanol–water partition coefficient (Wildman–Crippen LogP) is 10.0. The monoisotopic (exact) mass is 1020 g/mol. The highest BCUT2D eigenvalue weighted by atomic mass is 35.5. The van der Waals surface area contributed by atoms with Gasteiger partial charge < -0.3 is 35.4 Å². The molecular formula is C59H65ClN4O8S. The number of amides is 4. The molecule has 14 heteroatoms. The fourth-order valence-corrected chi connectivity index (χ4v) is 10.0. The lowest BCUT2D eigenvalue weighted by molar-refractivity contribution is -0.145. The smallest absolute Gasteiger partial charge is 0.408 e. The highest BCUT2D eigenvalue weighted by Crippen LogP contribution is 2.48. The number of hydrogen-bond donors (Lipinski definition) is 4. The summed E-state index contributed by atoms with van der Waals surface area (Å²) >= 11 is 7.66. The van der Waals surface area contributed by atoms with Crippen molar-refractivity contribution in [2.24, 2.45) is 0 Å². The maximum Gasteiger partial charge on any atom is 0.408 e. The first-order chi connectivity index (χ1) is 34.7. The van der Waals surface area contributed by atoms with Gasteiger partial charge in [-0.3, -0.25) is 14.4 Å². The number of thioether (sulfide) groups is 1.